The molecule has 12 nitrogen and oxygen atoms in total. The van der Waals surface area contributed by atoms with E-state index < -0.39 is 45.8 Å². The van der Waals surface area contributed by atoms with E-state index in [2.05, 4.69) is 15.6 Å². The molecule has 45 heavy (non-hydrogen) atoms. The van der Waals surface area contributed by atoms with Crippen molar-refractivity contribution >= 4 is 44.8 Å². The zero-order valence-corrected chi connectivity index (χ0v) is 26.0. The third-order valence-electron chi connectivity index (χ3n) is 7.42. The number of hydrogen-bond donors (Lipinski definition) is 2. The summed E-state index contributed by atoms with van der Waals surface area (Å²) in [6.45, 7) is -0.883. The number of nitrogens with one attached hydrogen (secondary N) is 2. The van der Waals surface area contributed by atoms with Crippen LogP contribution in [0, 0.1) is 5.92 Å². The van der Waals surface area contributed by atoms with Gasteiger partial charge in [0.2, 0.25) is 11.8 Å². The van der Waals surface area contributed by atoms with Crippen molar-refractivity contribution in [2.75, 3.05) is 29.8 Å². The van der Waals surface area contributed by atoms with Gasteiger partial charge in [0.1, 0.15) is 27.9 Å². The average molecular weight is 652 g/mol. The molecule has 4 aromatic rings. The van der Waals surface area contributed by atoms with Gasteiger partial charge in [0.05, 0.1) is 23.4 Å². The standard InChI is InChI=1S/C31H30ClN5O7S/c1-44-25-7-5-6-23(28(25)32)24-17-36(31(41)37(30(24)40)12-13-45(2,42)43)18-27(38)34-22-10-9-19-14-21(15-20(19)16-22)29(39)35-26-8-3-4-11-33-26/h3-11,16-17,21H,12-15,18H2,1-2H3,(H,34,38)(H,33,35,39). The predicted molar refractivity (Wildman–Crippen MR) is 171 cm³/mol. The summed E-state index contributed by atoms with van der Waals surface area (Å²) in [5.74, 6) is -0.690. The quantitative estimate of drug-likeness (QED) is 0.265. The van der Waals surface area contributed by atoms with Crippen molar-refractivity contribution in [1.82, 2.24) is 14.1 Å². The minimum atomic E-state index is -3.52. The van der Waals surface area contributed by atoms with Crippen LogP contribution in [-0.4, -0.2) is 53.5 Å². The van der Waals surface area contributed by atoms with Crippen LogP contribution in [0.4, 0.5) is 11.5 Å². The molecule has 14 heteroatoms. The number of pyridine rings is 1. The Morgan fingerprint density at radius 1 is 1.02 bits per heavy atom. The van der Waals surface area contributed by atoms with Crippen LogP contribution in [-0.2, 0) is 45.4 Å². The molecular formula is C31H30ClN5O7S. The zero-order valence-electron chi connectivity index (χ0n) is 24.4. The summed E-state index contributed by atoms with van der Waals surface area (Å²) in [4.78, 5) is 56.8. The highest BCUT2D eigenvalue weighted by atomic mass is 35.5. The first kappa shape index (κ1) is 31.7. The van der Waals surface area contributed by atoms with E-state index in [1.165, 1.54) is 13.3 Å². The summed E-state index contributed by atoms with van der Waals surface area (Å²) in [5, 5.41) is 5.71. The normalized spacial score (nSPS) is 14.1. The first-order valence-electron chi connectivity index (χ1n) is 13.9. The fourth-order valence-electron chi connectivity index (χ4n) is 5.18. The summed E-state index contributed by atoms with van der Waals surface area (Å²) in [5.41, 5.74) is 1.02. The summed E-state index contributed by atoms with van der Waals surface area (Å²) in [6, 6.07) is 15.4. The SMILES string of the molecule is COc1cccc(-c2cn(CC(=O)Nc3ccc4c(c3)CC(C(=O)Nc3ccccn3)C4)c(=O)n(CCS(C)(=O)=O)c2=O)c1Cl. The largest absolute Gasteiger partial charge is 0.495 e. The van der Waals surface area contributed by atoms with E-state index in [9.17, 15) is 27.6 Å². The highest BCUT2D eigenvalue weighted by molar-refractivity contribution is 7.90. The van der Waals surface area contributed by atoms with E-state index in [1.807, 2.05) is 6.07 Å². The van der Waals surface area contributed by atoms with Crippen LogP contribution in [0.5, 0.6) is 5.75 Å². The maximum Gasteiger partial charge on any atom is 0.331 e. The molecule has 0 radical (unpaired) electrons. The topological polar surface area (TPSA) is 158 Å². The third kappa shape index (κ3) is 7.32. The minimum absolute atomic E-state index is 0.00708. The zero-order chi connectivity index (χ0) is 32.3. The van der Waals surface area contributed by atoms with E-state index in [0.717, 1.165) is 26.5 Å². The van der Waals surface area contributed by atoms with Gasteiger partial charge in [0.25, 0.3) is 5.56 Å². The van der Waals surface area contributed by atoms with Crippen LogP contribution in [0.3, 0.4) is 0 Å². The molecule has 2 aromatic heterocycles. The van der Waals surface area contributed by atoms with Gasteiger partial charge in [-0.1, -0.05) is 35.9 Å². The Labute approximate surface area is 263 Å². The lowest BCUT2D eigenvalue weighted by Gasteiger charge is -2.15. The molecule has 5 rings (SSSR count). The summed E-state index contributed by atoms with van der Waals surface area (Å²) >= 11 is 6.48. The number of aromatic nitrogens is 3. The molecule has 0 bridgehead atoms. The molecule has 1 aliphatic carbocycles. The van der Waals surface area contributed by atoms with Gasteiger partial charge in [-0.15, -0.1) is 0 Å². The molecule has 2 amide bonds. The van der Waals surface area contributed by atoms with Crippen molar-refractivity contribution in [2.45, 2.75) is 25.9 Å². The van der Waals surface area contributed by atoms with Crippen LogP contribution in [0.1, 0.15) is 11.1 Å². The lowest BCUT2D eigenvalue weighted by atomic mass is 10.1. The molecule has 0 spiro atoms. The molecule has 2 aromatic carbocycles. The van der Waals surface area contributed by atoms with Gasteiger partial charge < -0.3 is 15.4 Å². The van der Waals surface area contributed by atoms with Gasteiger partial charge in [-0.3, -0.25) is 23.5 Å². The number of ether oxygens (including phenoxy) is 1. The Kier molecular flexibility index (Phi) is 9.21. The van der Waals surface area contributed by atoms with Crippen molar-refractivity contribution in [1.29, 1.82) is 0 Å². The average Bonchev–Trinajstić information content (AvgIpc) is 3.43. The third-order valence-corrected chi connectivity index (χ3v) is 8.73. The number of carbonyl (C=O) groups is 2. The van der Waals surface area contributed by atoms with E-state index in [0.29, 0.717) is 30.1 Å². The monoisotopic (exact) mass is 651 g/mol. The molecule has 0 saturated carbocycles. The number of amides is 2. The van der Waals surface area contributed by atoms with Gasteiger partial charge in [-0.05, 0) is 54.3 Å². The van der Waals surface area contributed by atoms with Crippen molar-refractivity contribution in [3.63, 3.8) is 0 Å². The second-order valence-electron chi connectivity index (χ2n) is 10.7. The molecule has 0 saturated heterocycles. The number of halogens is 1. The van der Waals surface area contributed by atoms with Crippen molar-refractivity contribution in [3.05, 3.63) is 104 Å². The van der Waals surface area contributed by atoms with Crippen LogP contribution in [0.25, 0.3) is 11.1 Å². The number of carbonyl (C=O) groups excluding carboxylic acids is 2. The molecule has 0 aliphatic heterocycles. The Morgan fingerprint density at radius 3 is 2.51 bits per heavy atom. The molecule has 0 fully saturated rings. The van der Waals surface area contributed by atoms with E-state index >= 15 is 0 Å². The number of methoxy groups -OCH3 is 1. The van der Waals surface area contributed by atoms with Crippen molar-refractivity contribution in [3.8, 4) is 16.9 Å². The van der Waals surface area contributed by atoms with Gasteiger partial charge in [0.15, 0.2) is 0 Å². The molecule has 1 aliphatic rings. The summed E-state index contributed by atoms with van der Waals surface area (Å²) < 4.78 is 30.8. The van der Waals surface area contributed by atoms with Crippen LogP contribution < -0.4 is 26.6 Å². The van der Waals surface area contributed by atoms with Crippen molar-refractivity contribution in [2.24, 2.45) is 5.92 Å². The number of nitrogens with zero attached hydrogens (tertiary/aromatic N) is 3. The van der Waals surface area contributed by atoms with E-state index in [4.69, 9.17) is 16.3 Å². The molecule has 234 valence electrons. The maximum absolute atomic E-state index is 13.4. The lowest BCUT2D eigenvalue weighted by molar-refractivity contribution is -0.119. The van der Waals surface area contributed by atoms with Gasteiger partial charge in [-0.2, -0.15) is 0 Å². The lowest BCUT2D eigenvalue weighted by Crippen LogP contribution is -2.43. The molecule has 2 heterocycles. The second kappa shape index (κ2) is 13.1. The minimum Gasteiger partial charge on any atom is -0.495 e. The highest BCUT2D eigenvalue weighted by Crippen LogP contribution is 2.33. The first-order chi connectivity index (χ1) is 21.4. The fourth-order valence-corrected chi connectivity index (χ4v) is 6.00. The number of anilines is 2. The number of rotatable bonds is 10. The van der Waals surface area contributed by atoms with E-state index in [-0.39, 0.29) is 28.0 Å². The Bertz CT molecular complexity index is 2010. The van der Waals surface area contributed by atoms with Gasteiger partial charge >= 0.3 is 5.69 Å². The highest BCUT2D eigenvalue weighted by Gasteiger charge is 2.28. The van der Waals surface area contributed by atoms with Gasteiger partial charge in [0, 0.05) is 42.4 Å². The number of hydrogen-bond acceptors (Lipinski definition) is 8. The van der Waals surface area contributed by atoms with Crippen LogP contribution in [0.15, 0.2) is 76.6 Å². The Balaban J connectivity index is 1.37. The first-order valence-corrected chi connectivity index (χ1v) is 16.4. The number of sulfone groups is 1. The summed E-state index contributed by atoms with van der Waals surface area (Å²) in [7, 11) is -2.11. The van der Waals surface area contributed by atoms with E-state index in [1.54, 1.807) is 54.7 Å². The Morgan fingerprint density at radius 2 is 1.80 bits per heavy atom. The molecule has 1 atom stereocenters. The fraction of sp³-hybridized carbons (Fsp3) is 0.258. The van der Waals surface area contributed by atoms with Gasteiger partial charge in [-0.25, -0.2) is 18.2 Å². The number of fused-ring (bicyclic) bond motifs is 1. The molecule has 2 N–H and O–H groups in total. The molecular weight excluding hydrogens is 622 g/mol. The number of benzene rings is 2. The molecule has 1 unspecified atom stereocenters. The second-order valence-corrected chi connectivity index (χ2v) is 13.3. The Hall–Kier alpha value is -4.75. The van der Waals surface area contributed by atoms with Crippen LogP contribution >= 0.6 is 11.6 Å². The maximum atomic E-state index is 13.4. The summed E-state index contributed by atoms with van der Waals surface area (Å²) in [6.07, 6.45) is 4.85. The predicted octanol–water partition coefficient (Wildman–Crippen LogP) is 2.77. The van der Waals surface area contributed by atoms with Crippen LogP contribution in [0.2, 0.25) is 5.02 Å². The smallest absolute Gasteiger partial charge is 0.331 e. The van der Waals surface area contributed by atoms with Crippen molar-refractivity contribution < 1.29 is 22.7 Å².